The highest BCUT2D eigenvalue weighted by atomic mass is 35.5. The highest BCUT2D eigenvalue weighted by Crippen LogP contribution is 2.13. The summed E-state index contributed by atoms with van der Waals surface area (Å²) in [7, 11) is 0. The van der Waals surface area contributed by atoms with Crippen LogP contribution in [0.3, 0.4) is 0 Å². The minimum atomic E-state index is -0.529. The van der Waals surface area contributed by atoms with Crippen molar-refractivity contribution in [3.8, 4) is 0 Å². The first-order valence-corrected chi connectivity index (χ1v) is 7.87. The Morgan fingerprint density at radius 1 is 1.33 bits per heavy atom. The van der Waals surface area contributed by atoms with Gasteiger partial charge in [0.05, 0.1) is 18.1 Å². The van der Waals surface area contributed by atoms with E-state index in [9.17, 15) is 4.79 Å². The van der Waals surface area contributed by atoms with Crippen LogP contribution < -0.4 is 11.1 Å². The van der Waals surface area contributed by atoms with E-state index in [1.807, 2.05) is 19.9 Å². The van der Waals surface area contributed by atoms with Gasteiger partial charge in [0.1, 0.15) is 0 Å². The van der Waals surface area contributed by atoms with E-state index in [4.69, 9.17) is 10.5 Å². The lowest BCUT2D eigenvalue weighted by Gasteiger charge is -2.33. The molecule has 0 spiro atoms. The summed E-state index contributed by atoms with van der Waals surface area (Å²) < 4.78 is 5.75. The Bertz CT molecular complexity index is 486. The number of nitrogens with two attached hydrogens (primary N) is 1. The number of hydrogen-bond donors (Lipinski definition) is 2. The number of hydrogen-bond acceptors (Lipinski definition) is 4. The van der Waals surface area contributed by atoms with Gasteiger partial charge in [0.15, 0.2) is 0 Å². The van der Waals surface area contributed by atoms with E-state index in [0.717, 1.165) is 19.6 Å². The van der Waals surface area contributed by atoms with Gasteiger partial charge in [-0.05, 0) is 19.4 Å². The second kappa shape index (κ2) is 10.9. The van der Waals surface area contributed by atoms with Crippen LogP contribution in [0, 0.1) is 5.41 Å². The van der Waals surface area contributed by atoms with Crippen LogP contribution in [-0.4, -0.2) is 49.7 Å². The van der Waals surface area contributed by atoms with Crippen molar-refractivity contribution in [2.45, 2.75) is 26.5 Å². The lowest BCUT2D eigenvalue weighted by atomic mass is 9.92. The number of halogens is 2. The predicted octanol–water partition coefficient (Wildman–Crippen LogP) is 1.83. The van der Waals surface area contributed by atoms with E-state index in [1.165, 1.54) is 5.56 Å². The van der Waals surface area contributed by atoms with Crippen molar-refractivity contribution >= 4 is 30.7 Å². The summed E-state index contributed by atoms with van der Waals surface area (Å²) in [6.07, 6.45) is 0.0370. The summed E-state index contributed by atoms with van der Waals surface area (Å²) in [5.41, 5.74) is 6.40. The molecule has 1 unspecified atom stereocenters. The molecular formula is C17H29Cl2N3O2. The fourth-order valence-corrected chi connectivity index (χ4v) is 2.43. The topological polar surface area (TPSA) is 67.6 Å². The maximum atomic E-state index is 12.1. The van der Waals surface area contributed by atoms with Crippen LogP contribution in [0.1, 0.15) is 19.4 Å². The number of ether oxygens (including phenoxy) is 1. The van der Waals surface area contributed by atoms with Crippen molar-refractivity contribution in [2.75, 3.05) is 32.8 Å². The van der Waals surface area contributed by atoms with Crippen LogP contribution in [0.25, 0.3) is 0 Å². The molecule has 7 heteroatoms. The standard InChI is InChI=1S/C17H27N3O2.2ClH/c1-17(2,13-18)16(21)19-10-15-12-20(8-9-22-15)11-14-6-4-3-5-7-14;;/h3-7,15H,8-13,18H2,1-2H3,(H,19,21);2*1H. The number of rotatable bonds is 6. The van der Waals surface area contributed by atoms with Gasteiger partial charge in [0.25, 0.3) is 0 Å². The van der Waals surface area contributed by atoms with Gasteiger partial charge >= 0.3 is 0 Å². The van der Waals surface area contributed by atoms with Crippen molar-refractivity contribution in [3.63, 3.8) is 0 Å². The van der Waals surface area contributed by atoms with E-state index in [1.54, 1.807) is 0 Å². The highest BCUT2D eigenvalue weighted by molar-refractivity contribution is 5.85. The summed E-state index contributed by atoms with van der Waals surface area (Å²) in [5, 5.41) is 2.96. The minimum Gasteiger partial charge on any atom is -0.374 e. The van der Waals surface area contributed by atoms with Gasteiger partial charge in [0, 0.05) is 32.7 Å². The molecule has 0 aliphatic carbocycles. The third kappa shape index (κ3) is 6.95. The lowest BCUT2D eigenvalue weighted by molar-refractivity contribution is -0.130. The monoisotopic (exact) mass is 377 g/mol. The third-order valence-electron chi connectivity index (χ3n) is 4.09. The fraction of sp³-hybridized carbons (Fsp3) is 0.588. The van der Waals surface area contributed by atoms with Gasteiger partial charge < -0.3 is 15.8 Å². The zero-order chi connectivity index (χ0) is 16.0. The second-order valence-corrected chi connectivity index (χ2v) is 6.51. The Labute approximate surface area is 157 Å². The molecule has 1 heterocycles. The minimum absolute atomic E-state index is 0. The first-order valence-electron chi connectivity index (χ1n) is 7.87. The second-order valence-electron chi connectivity index (χ2n) is 6.51. The van der Waals surface area contributed by atoms with Gasteiger partial charge in [-0.15, -0.1) is 24.8 Å². The number of amides is 1. The third-order valence-corrected chi connectivity index (χ3v) is 4.09. The highest BCUT2D eigenvalue weighted by Gasteiger charge is 2.27. The van der Waals surface area contributed by atoms with Crippen molar-refractivity contribution in [2.24, 2.45) is 11.1 Å². The number of benzene rings is 1. The molecule has 1 saturated heterocycles. The molecule has 24 heavy (non-hydrogen) atoms. The van der Waals surface area contributed by atoms with Crippen molar-refractivity contribution in [1.82, 2.24) is 10.2 Å². The molecule has 0 radical (unpaired) electrons. The molecule has 0 saturated carbocycles. The maximum Gasteiger partial charge on any atom is 0.227 e. The molecule has 1 aliphatic rings. The number of morpholine rings is 1. The lowest BCUT2D eigenvalue weighted by Crippen LogP contribution is -2.50. The van der Waals surface area contributed by atoms with Crippen LogP contribution >= 0.6 is 24.8 Å². The molecule has 1 amide bonds. The Balaban J connectivity index is 0.00000264. The summed E-state index contributed by atoms with van der Waals surface area (Å²) in [6.45, 7) is 7.96. The average molecular weight is 378 g/mol. The summed E-state index contributed by atoms with van der Waals surface area (Å²) in [5.74, 6) is -0.0150. The molecule has 1 fully saturated rings. The van der Waals surface area contributed by atoms with E-state index in [-0.39, 0.29) is 36.8 Å². The largest absolute Gasteiger partial charge is 0.374 e. The molecule has 2 rings (SSSR count). The Morgan fingerprint density at radius 2 is 2.00 bits per heavy atom. The van der Waals surface area contributed by atoms with Crippen molar-refractivity contribution in [1.29, 1.82) is 0 Å². The molecule has 1 aromatic rings. The number of carbonyl (C=O) groups is 1. The fourth-order valence-electron chi connectivity index (χ4n) is 2.43. The Kier molecular flexibility index (Phi) is 10.5. The quantitative estimate of drug-likeness (QED) is 0.793. The molecule has 0 aromatic heterocycles. The first kappa shape index (κ1) is 23.1. The SMILES string of the molecule is CC(C)(CN)C(=O)NCC1CN(Cc2ccccc2)CCO1.Cl.Cl. The Hall–Kier alpha value is -0.850. The average Bonchev–Trinajstić information content (AvgIpc) is 2.54. The molecule has 1 aromatic carbocycles. The van der Waals surface area contributed by atoms with E-state index >= 15 is 0 Å². The molecule has 5 nitrogen and oxygen atoms in total. The van der Waals surface area contributed by atoms with E-state index in [0.29, 0.717) is 19.7 Å². The van der Waals surface area contributed by atoms with Crippen LogP contribution in [0.4, 0.5) is 0 Å². The smallest absolute Gasteiger partial charge is 0.227 e. The van der Waals surface area contributed by atoms with Crippen molar-refractivity contribution in [3.05, 3.63) is 35.9 Å². The summed E-state index contributed by atoms with van der Waals surface area (Å²) in [6, 6.07) is 10.4. The molecule has 1 aliphatic heterocycles. The number of carbonyl (C=O) groups excluding carboxylic acids is 1. The predicted molar refractivity (Wildman–Crippen MR) is 102 cm³/mol. The van der Waals surface area contributed by atoms with Crippen LogP contribution in [-0.2, 0) is 16.1 Å². The number of nitrogens with one attached hydrogen (secondary N) is 1. The summed E-state index contributed by atoms with van der Waals surface area (Å²) >= 11 is 0. The van der Waals surface area contributed by atoms with Crippen molar-refractivity contribution < 1.29 is 9.53 Å². The number of nitrogens with zero attached hydrogens (tertiary/aromatic N) is 1. The molecular weight excluding hydrogens is 349 g/mol. The van der Waals surface area contributed by atoms with Gasteiger partial charge in [-0.3, -0.25) is 9.69 Å². The van der Waals surface area contributed by atoms with Gasteiger partial charge in [-0.1, -0.05) is 30.3 Å². The Morgan fingerprint density at radius 3 is 2.62 bits per heavy atom. The van der Waals surface area contributed by atoms with Crippen LogP contribution in [0.2, 0.25) is 0 Å². The van der Waals surface area contributed by atoms with Gasteiger partial charge in [-0.2, -0.15) is 0 Å². The maximum absolute atomic E-state index is 12.1. The van der Waals surface area contributed by atoms with E-state index in [2.05, 4.69) is 34.5 Å². The molecule has 1 atom stereocenters. The zero-order valence-corrected chi connectivity index (χ0v) is 16.0. The van der Waals surface area contributed by atoms with Crippen LogP contribution in [0.5, 0.6) is 0 Å². The molecule has 0 bridgehead atoms. The van der Waals surface area contributed by atoms with Gasteiger partial charge in [-0.25, -0.2) is 0 Å². The summed E-state index contributed by atoms with van der Waals surface area (Å²) in [4.78, 5) is 14.4. The van der Waals surface area contributed by atoms with Gasteiger partial charge in [0.2, 0.25) is 5.91 Å². The molecule has 3 N–H and O–H groups in total. The normalized spacial score (nSPS) is 18.2. The van der Waals surface area contributed by atoms with Crippen LogP contribution in [0.15, 0.2) is 30.3 Å². The molecule has 138 valence electrons. The first-order chi connectivity index (χ1) is 10.5. The zero-order valence-electron chi connectivity index (χ0n) is 14.4. The van der Waals surface area contributed by atoms with E-state index < -0.39 is 5.41 Å².